The van der Waals surface area contributed by atoms with Crippen molar-refractivity contribution in [3.63, 3.8) is 0 Å². The maximum atomic E-state index is 12.2. The predicted molar refractivity (Wildman–Crippen MR) is 104 cm³/mol. The number of carbonyl (C=O) groups excluding carboxylic acids is 2. The number of ketones is 1. The Morgan fingerprint density at radius 2 is 1.88 bits per heavy atom. The first-order chi connectivity index (χ1) is 12.4. The number of rotatable bonds is 8. The van der Waals surface area contributed by atoms with Crippen molar-refractivity contribution < 1.29 is 14.3 Å². The van der Waals surface area contributed by atoms with Crippen molar-refractivity contribution in [2.75, 3.05) is 6.61 Å². The molecular weight excluding hydrogens is 328 g/mol. The molecular formula is C21H30N2O3. The Bertz CT molecular complexity index is 648. The number of carbonyl (C=O) groups is 2. The molecule has 0 unspecified atom stereocenters. The number of hydrazone groups is 1. The molecule has 0 radical (unpaired) electrons. The first kappa shape index (κ1) is 20.1. The summed E-state index contributed by atoms with van der Waals surface area (Å²) in [6.07, 6.45) is 6.28. The molecule has 1 aliphatic rings. The van der Waals surface area contributed by atoms with E-state index in [-0.39, 0.29) is 17.1 Å². The van der Waals surface area contributed by atoms with Crippen molar-refractivity contribution in [1.82, 2.24) is 5.43 Å². The van der Waals surface area contributed by atoms with Crippen LogP contribution < -0.4 is 10.2 Å². The smallest absolute Gasteiger partial charge is 0.271 e. The Morgan fingerprint density at radius 1 is 1.15 bits per heavy atom. The molecule has 1 amide bonds. The topological polar surface area (TPSA) is 67.8 Å². The molecule has 142 valence electrons. The summed E-state index contributed by atoms with van der Waals surface area (Å²) >= 11 is 0. The van der Waals surface area contributed by atoms with Gasteiger partial charge in [0.05, 0.1) is 6.61 Å². The maximum Gasteiger partial charge on any atom is 0.271 e. The standard InChI is InChI=1S/C21H30N2O3/c1-4-5-6-7-12-26-19-10-8-16(9-11-19)20(25)23-22-17-13-18(24)15-21(2,3)14-17/h8-11H,4-7,12-15H2,1-3H3,(H,23,25). The Labute approximate surface area is 156 Å². The number of nitrogens with zero attached hydrogens (tertiary/aromatic N) is 1. The summed E-state index contributed by atoms with van der Waals surface area (Å²) in [6.45, 7) is 6.97. The summed E-state index contributed by atoms with van der Waals surface area (Å²) < 4.78 is 5.68. The zero-order valence-corrected chi connectivity index (χ0v) is 16.1. The predicted octanol–water partition coefficient (Wildman–Crippen LogP) is 4.51. The lowest BCUT2D eigenvalue weighted by atomic mass is 9.76. The first-order valence-electron chi connectivity index (χ1n) is 9.50. The van der Waals surface area contributed by atoms with Gasteiger partial charge in [-0.3, -0.25) is 9.59 Å². The van der Waals surface area contributed by atoms with E-state index < -0.39 is 0 Å². The maximum absolute atomic E-state index is 12.2. The third-order valence-corrected chi connectivity index (χ3v) is 4.46. The van der Waals surface area contributed by atoms with Crippen LogP contribution in [0, 0.1) is 5.41 Å². The van der Waals surface area contributed by atoms with Crippen LogP contribution in [0.5, 0.6) is 5.75 Å². The monoisotopic (exact) mass is 358 g/mol. The number of amides is 1. The van der Waals surface area contributed by atoms with Crippen LogP contribution in [0.15, 0.2) is 29.4 Å². The second-order valence-electron chi connectivity index (χ2n) is 7.79. The molecule has 0 saturated heterocycles. The normalized spacial score (nSPS) is 18.0. The summed E-state index contributed by atoms with van der Waals surface area (Å²) in [4.78, 5) is 24.0. The molecule has 1 aromatic rings. The van der Waals surface area contributed by atoms with Crippen molar-refractivity contribution in [3.8, 4) is 5.75 Å². The number of benzene rings is 1. The molecule has 0 bridgehead atoms. The third kappa shape index (κ3) is 6.62. The zero-order chi connectivity index (χ0) is 19.0. The van der Waals surface area contributed by atoms with Gasteiger partial charge < -0.3 is 4.74 Å². The Balaban J connectivity index is 1.84. The van der Waals surface area contributed by atoms with Crippen molar-refractivity contribution in [2.24, 2.45) is 10.5 Å². The fourth-order valence-electron chi connectivity index (χ4n) is 3.20. The highest BCUT2D eigenvalue weighted by atomic mass is 16.5. The van der Waals surface area contributed by atoms with Gasteiger partial charge in [-0.15, -0.1) is 0 Å². The van der Waals surface area contributed by atoms with Gasteiger partial charge in [-0.25, -0.2) is 5.43 Å². The van der Waals surface area contributed by atoms with Gasteiger partial charge >= 0.3 is 0 Å². The minimum Gasteiger partial charge on any atom is -0.494 e. The quantitative estimate of drug-likeness (QED) is 0.549. The molecule has 5 nitrogen and oxygen atoms in total. The largest absolute Gasteiger partial charge is 0.494 e. The molecule has 26 heavy (non-hydrogen) atoms. The van der Waals surface area contributed by atoms with Gasteiger partial charge in [-0.2, -0.15) is 5.10 Å². The van der Waals surface area contributed by atoms with E-state index >= 15 is 0 Å². The number of Topliss-reactive ketones (excluding diaryl/α,β-unsaturated/α-hetero) is 1. The summed E-state index contributed by atoms with van der Waals surface area (Å²) in [7, 11) is 0. The highest BCUT2D eigenvalue weighted by Gasteiger charge is 2.30. The minimum absolute atomic E-state index is 0.0883. The minimum atomic E-state index is -0.275. The molecule has 2 rings (SSSR count). The van der Waals surface area contributed by atoms with Gasteiger partial charge in [0, 0.05) is 24.1 Å². The summed E-state index contributed by atoms with van der Waals surface area (Å²) in [5.74, 6) is 0.668. The average Bonchev–Trinajstić information content (AvgIpc) is 2.58. The molecule has 1 fully saturated rings. The summed E-state index contributed by atoms with van der Waals surface area (Å²) in [5, 5.41) is 4.17. The highest BCUT2D eigenvalue weighted by molar-refractivity contribution is 6.05. The van der Waals surface area contributed by atoms with E-state index in [1.54, 1.807) is 24.3 Å². The SMILES string of the molecule is CCCCCCOc1ccc(C(=O)NN=C2CC(=O)CC(C)(C)C2)cc1. The van der Waals surface area contributed by atoms with E-state index in [9.17, 15) is 9.59 Å². The van der Waals surface area contributed by atoms with E-state index in [4.69, 9.17) is 4.74 Å². The number of hydrogen-bond acceptors (Lipinski definition) is 4. The number of hydrogen-bond donors (Lipinski definition) is 1. The fraction of sp³-hybridized carbons (Fsp3) is 0.571. The van der Waals surface area contributed by atoms with Gasteiger partial charge in [0.25, 0.3) is 5.91 Å². The molecule has 1 saturated carbocycles. The lowest BCUT2D eigenvalue weighted by Crippen LogP contribution is -2.31. The zero-order valence-electron chi connectivity index (χ0n) is 16.1. The van der Waals surface area contributed by atoms with Gasteiger partial charge in [0.2, 0.25) is 0 Å². The van der Waals surface area contributed by atoms with Crippen LogP contribution in [0.4, 0.5) is 0 Å². The van der Waals surface area contributed by atoms with Crippen LogP contribution in [0.1, 0.15) is 76.1 Å². The molecule has 1 aromatic carbocycles. The number of nitrogens with one attached hydrogen (secondary N) is 1. The first-order valence-corrected chi connectivity index (χ1v) is 9.50. The van der Waals surface area contributed by atoms with Crippen LogP contribution in [0.25, 0.3) is 0 Å². The van der Waals surface area contributed by atoms with Crippen LogP contribution in [0.2, 0.25) is 0 Å². The molecule has 0 heterocycles. The van der Waals surface area contributed by atoms with E-state index in [0.717, 1.165) is 24.3 Å². The number of unbranched alkanes of at least 4 members (excludes halogenated alkanes) is 3. The van der Waals surface area contributed by atoms with E-state index in [2.05, 4.69) is 17.5 Å². The van der Waals surface area contributed by atoms with E-state index in [0.29, 0.717) is 25.0 Å². The van der Waals surface area contributed by atoms with E-state index in [1.165, 1.54) is 19.3 Å². The van der Waals surface area contributed by atoms with Gasteiger partial charge in [-0.05, 0) is 42.5 Å². The summed E-state index contributed by atoms with van der Waals surface area (Å²) in [6, 6.07) is 7.06. The van der Waals surface area contributed by atoms with Crippen LogP contribution in [-0.4, -0.2) is 24.0 Å². The van der Waals surface area contributed by atoms with Crippen LogP contribution in [-0.2, 0) is 4.79 Å². The Hall–Kier alpha value is -2.17. The van der Waals surface area contributed by atoms with Crippen molar-refractivity contribution in [3.05, 3.63) is 29.8 Å². The Morgan fingerprint density at radius 3 is 2.54 bits per heavy atom. The molecule has 0 aromatic heterocycles. The molecule has 0 spiro atoms. The lowest BCUT2D eigenvalue weighted by molar-refractivity contribution is -0.120. The van der Waals surface area contributed by atoms with Crippen molar-refractivity contribution >= 4 is 17.4 Å². The molecule has 0 atom stereocenters. The fourth-order valence-corrected chi connectivity index (χ4v) is 3.20. The lowest BCUT2D eigenvalue weighted by Gasteiger charge is -2.28. The van der Waals surface area contributed by atoms with Gasteiger partial charge in [0.15, 0.2) is 0 Å². The summed E-state index contributed by atoms with van der Waals surface area (Å²) in [5.41, 5.74) is 3.75. The van der Waals surface area contributed by atoms with Crippen LogP contribution >= 0.6 is 0 Å². The average molecular weight is 358 g/mol. The van der Waals surface area contributed by atoms with Crippen molar-refractivity contribution in [2.45, 2.75) is 65.7 Å². The molecule has 1 N–H and O–H groups in total. The van der Waals surface area contributed by atoms with Gasteiger partial charge in [-0.1, -0.05) is 40.0 Å². The van der Waals surface area contributed by atoms with Crippen molar-refractivity contribution in [1.29, 1.82) is 0 Å². The Kier molecular flexibility index (Phi) is 7.37. The third-order valence-electron chi connectivity index (χ3n) is 4.46. The molecule has 1 aliphatic carbocycles. The highest BCUT2D eigenvalue weighted by Crippen LogP contribution is 2.31. The molecule has 0 aliphatic heterocycles. The van der Waals surface area contributed by atoms with Crippen LogP contribution in [0.3, 0.4) is 0 Å². The van der Waals surface area contributed by atoms with E-state index in [1.807, 2.05) is 13.8 Å². The number of ether oxygens (including phenoxy) is 1. The second kappa shape index (κ2) is 9.51. The second-order valence-corrected chi connectivity index (χ2v) is 7.79. The van der Waals surface area contributed by atoms with Gasteiger partial charge in [0.1, 0.15) is 11.5 Å². The molecule has 5 heteroatoms.